The molecule has 2 aliphatic carbocycles. The molecule has 2 N–H and O–H groups in total. The lowest BCUT2D eigenvalue weighted by Crippen LogP contribution is -2.89. The van der Waals surface area contributed by atoms with E-state index in [0.29, 0.717) is 5.56 Å². The minimum Gasteiger partial charge on any atom is -0.479 e. The van der Waals surface area contributed by atoms with Crippen LogP contribution in [0, 0.1) is 11.3 Å². The molecule has 60 heavy (non-hydrogen) atoms. The summed E-state index contributed by atoms with van der Waals surface area (Å²) in [5, 5.41) is 25.3. The summed E-state index contributed by atoms with van der Waals surface area (Å²) in [6, 6.07) is 2.80. The third-order valence-electron chi connectivity index (χ3n) is 11.7. The monoisotopic (exact) mass is 845 g/mol. The summed E-state index contributed by atoms with van der Waals surface area (Å²) >= 11 is 0. The molecule has 6 rings (SSSR count). The van der Waals surface area contributed by atoms with E-state index in [1.165, 1.54) is 37.7 Å². The molecule has 1 unspecified atom stereocenters. The van der Waals surface area contributed by atoms with Crippen molar-refractivity contribution < 1.29 is 90.8 Å². The number of esters is 7. The van der Waals surface area contributed by atoms with Gasteiger partial charge in [0.15, 0.2) is 41.4 Å². The number of hydrogen-bond donors (Lipinski definition) is 2. The molecule has 4 aliphatic rings. The van der Waals surface area contributed by atoms with Crippen LogP contribution < -0.4 is 4.74 Å². The van der Waals surface area contributed by atoms with E-state index in [-0.39, 0.29) is 24.2 Å². The highest BCUT2D eigenvalue weighted by Gasteiger charge is 2.92. The van der Waals surface area contributed by atoms with Gasteiger partial charge in [0, 0.05) is 53.1 Å². The van der Waals surface area contributed by atoms with Crippen molar-refractivity contribution in [3.63, 3.8) is 0 Å². The number of aromatic nitrogens is 1. The first kappa shape index (κ1) is 44.0. The summed E-state index contributed by atoms with van der Waals surface area (Å²) in [7, 11) is 0. The standard InChI is InChI=1S/C40H47NO19/c1-19(42)52-18-39-32(56-22(4)45)28(54-20(2)43)27-30(55-21(3)44)40(39)38(8,50)31(29(33(39)57-23(5)46)58-25-11-14-51-16-25)59-35(48)36(6,49)12-9-24-10-13-41-15-26(24)34(47)53-17-37(27,7)60-40/h10-11,13-16,27-33,49-50H,9,12,17-18H2,1-8H3/t27-,28?,29+,30-,31+,32-,33+,36+,37+,38+,39-,40+/m1/s1. The lowest BCUT2D eigenvalue weighted by Gasteiger charge is -2.67. The molecule has 12 atom stereocenters. The van der Waals surface area contributed by atoms with Gasteiger partial charge in [0.05, 0.1) is 17.7 Å². The molecule has 4 heterocycles. The van der Waals surface area contributed by atoms with Crippen molar-refractivity contribution in [1.82, 2.24) is 4.98 Å². The van der Waals surface area contributed by atoms with Crippen LogP contribution in [0.3, 0.4) is 0 Å². The number of hydrogen-bond acceptors (Lipinski definition) is 20. The maximum Gasteiger partial charge on any atom is 0.340 e. The highest BCUT2D eigenvalue weighted by molar-refractivity contribution is 5.91. The van der Waals surface area contributed by atoms with E-state index >= 15 is 0 Å². The summed E-state index contributed by atoms with van der Waals surface area (Å²) in [5.41, 5.74) is -12.4. The Kier molecular flexibility index (Phi) is 11.6. The van der Waals surface area contributed by atoms with E-state index in [1.54, 1.807) is 0 Å². The van der Waals surface area contributed by atoms with Crippen molar-refractivity contribution in [3.05, 3.63) is 48.2 Å². The molecule has 1 saturated heterocycles. The average molecular weight is 846 g/mol. The fourth-order valence-electron chi connectivity index (χ4n) is 9.46. The van der Waals surface area contributed by atoms with Crippen molar-refractivity contribution in [2.45, 2.75) is 127 Å². The number of furan rings is 1. The first-order chi connectivity index (χ1) is 28.0. The Morgan fingerprint density at radius 3 is 2.03 bits per heavy atom. The normalized spacial score (nSPS) is 37.1. The SMILES string of the molecule is CC(=O)OC[C@]12[C@H](OC(C)=O)C(OC(C)=O)[C@@H]3[C@@H](OC(C)=O)[C@@]14O[C@@]3(C)COC(=O)c1cnccc1CC[C@](C)(O)C(=O)O[C@@H]([C@H](Oc1ccoc1)[C@@H]2OC(C)=O)[C@]4(C)O. The minimum absolute atomic E-state index is 0.0661. The summed E-state index contributed by atoms with van der Waals surface area (Å²) in [4.78, 5) is 98.6. The van der Waals surface area contributed by atoms with Crippen molar-refractivity contribution in [2.24, 2.45) is 11.3 Å². The van der Waals surface area contributed by atoms with Crippen LogP contribution in [0.15, 0.2) is 41.5 Å². The largest absolute Gasteiger partial charge is 0.479 e. The van der Waals surface area contributed by atoms with E-state index in [4.69, 9.17) is 47.0 Å². The predicted octanol–water partition coefficient (Wildman–Crippen LogP) is 1.09. The van der Waals surface area contributed by atoms with Gasteiger partial charge in [-0.15, -0.1) is 0 Å². The summed E-state index contributed by atoms with van der Waals surface area (Å²) in [6.45, 7) is 6.84. The summed E-state index contributed by atoms with van der Waals surface area (Å²) < 4.78 is 60.5. The second-order valence-electron chi connectivity index (χ2n) is 16.1. The molecule has 4 bridgehead atoms. The van der Waals surface area contributed by atoms with E-state index in [9.17, 15) is 43.8 Å². The number of aliphatic hydroxyl groups is 2. The van der Waals surface area contributed by atoms with Gasteiger partial charge < -0.3 is 57.3 Å². The molecule has 0 aromatic carbocycles. The molecule has 3 fully saturated rings. The third-order valence-corrected chi connectivity index (χ3v) is 11.7. The van der Waals surface area contributed by atoms with Crippen LogP contribution in [0.5, 0.6) is 5.75 Å². The molecule has 20 heteroatoms. The summed E-state index contributed by atoms with van der Waals surface area (Å²) in [6.07, 6.45) is -7.39. The zero-order valence-electron chi connectivity index (χ0n) is 34.1. The van der Waals surface area contributed by atoms with E-state index in [0.717, 1.165) is 54.7 Å². The highest BCUT2D eigenvalue weighted by Crippen LogP contribution is 2.70. The number of aryl methyl sites for hydroxylation is 1. The van der Waals surface area contributed by atoms with Crippen LogP contribution in [-0.4, -0.2) is 129 Å². The van der Waals surface area contributed by atoms with Gasteiger partial charge in [-0.05, 0) is 45.2 Å². The number of nitrogens with zero attached hydrogens (tertiary/aromatic N) is 1. The van der Waals surface area contributed by atoms with Crippen molar-refractivity contribution >= 4 is 41.8 Å². The Hall–Kier alpha value is -5.60. The number of rotatable bonds is 8. The predicted molar refractivity (Wildman–Crippen MR) is 194 cm³/mol. The van der Waals surface area contributed by atoms with Gasteiger partial charge in [-0.1, -0.05) is 0 Å². The molecule has 2 aliphatic heterocycles. The van der Waals surface area contributed by atoms with Crippen molar-refractivity contribution in [2.75, 3.05) is 13.2 Å². The molecule has 2 aromatic rings. The van der Waals surface area contributed by atoms with Crippen LogP contribution >= 0.6 is 0 Å². The minimum atomic E-state index is -2.85. The second-order valence-corrected chi connectivity index (χ2v) is 16.1. The number of cyclic esters (lactones) is 1. The van der Waals surface area contributed by atoms with Gasteiger partial charge in [-0.25, -0.2) is 9.59 Å². The molecule has 0 amide bonds. The van der Waals surface area contributed by atoms with E-state index in [2.05, 4.69) is 4.98 Å². The van der Waals surface area contributed by atoms with Crippen molar-refractivity contribution in [1.29, 1.82) is 0 Å². The number of ether oxygens (including phenoxy) is 9. The van der Waals surface area contributed by atoms with Gasteiger partial charge in [-0.2, -0.15) is 0 Å². The van der Waals surface area contributed by atoms with Crippen LogP contribution in [0.25, 0.3) is 0 Å². The van der Waals surface area contributed by atoms with Crippen LogP contribution in [0.2, 0.25) is 0 Å². The first-order valence-corrected chi connectivity index (χ1v) is 19.0. The zero-order chi connectivity index (χ0) is 44.2. The van der Waals surface area contributed by atoms with Gasteiger partial charge in [0.1, 0.15) is 48.3 Å². The Balaban J connectivity index is 1.79. The number of carbonyl (C=O) groups excluding carboxylic acids is 7. The van der Waals surface area contributed by atoms with E-state index < -0.39 is 125 Å². The molecular formula is C40H47NO19. The Morgan fingerprint density at radius 1 is 0.833 bits per heavy atom. The third kappa shape index (κ3) is 7.23. The topological polar surface area (TPSA) is 269 Å². The second kappa shape index (κ2) is 15.8. The summed E-state index contributed by atoms with van der Waals surface area (Å²) in [5.74, 6) is -9.00. The Labute approximate surface area is 343 Å². The van der Waals surface area contributed by atoms with Gasteiger partial charge in [0.25, 0.3) is 0 Å². The molecule has 0 radical (unpaired) electrons. The molecule has 2 saturated carbocycles. The van der Waals surface area contributed by atoms with Gasteiger partial charge in [-0.3, -0.25) is 29.0 Å². The average Bonchev–Trinajstić information content (AvgIpc) is 3.74. The quantitative estimate of drug-likeness (QED) is 0.278. The highest BCUT2D eigenvalue weighted by atomic mass is 16.7. The Bertz CT molecular complexity index is 2050. The first-order valence-electron chi connectivity index (χ1n) is 19.0. The Morgan fingerprint density at radius 2 is 1.45 bits per heavy atom. The number of fused-ring (bicyclic) bond motifs is 5. The molecule has 326 valence electrons. The fourth-order valence-corrected chi connectivity index (χ4v) is 9.46. The van der Waals surface area contributed by atoms with Crippen LogP contribution in [0.1, 0.15) is 77.7 Å². The number of pyridine rings is 1. The van der Waals surface area contributed by atoms with E-state index in [1.807, 2.05) is 0 Å². The zero-order valence-corrected chi connectivity index (χ0v) is 34.1. The van der Waals surface area contributed by atoms with Gasteiger partial charge in [0.2, 0.25) is 0 Å². The van der Waals surface area contributed by atoms with Crippen LogP contribution in [-0.2, 0) is 73.1 Å². The molecule has 20 nitrogen and oxygen atoms in total. The van der Waals surface area contributed by atoms with Crippen molar-refractivity contribution in [3.8, 4) is 5.75 Å². The fraction of sp³-hybridized carbons (Fsp3) is 0.600. The van der Waals surface area contributed by atoms with Gasteiger partial charge >= 0.3 is 41.8 Å². The molecule has 2 aromatic heterocycles. The maximum atomic E-state index is 14.4. The number of carbonyl (C=O) groups is 7. The smallest absolute Gasteiger partial charge is 0.340 e. The lowest BCUT2D eigenvalue weighted by molar-refractivity contribution is -0.384. The molecular weight excluding hydrogens is 798 g/mol. The molecule has 1 spiro atoms. The lowest BCUT2D eigenvalue weighted by atomic mass is 9.45. The van der Waals surface area contributed by atoms with Crippen LogP contribution in [0.4, 0.5) is 0 Å². The maximum absolute atomic E-state index is 14.4.